The van der Waals surface area contributed by atoms with E-state index in [4.69, 9.17) is 0 Å². The Balaban J connectivity index is 1.38. The lowest BCUT2D eigenvalue weighted by Crippen LogP contribution is -2.69. The fraction of sp³-hybridized carbons (Fsp3) is 0.522. The Morgan fingerprint density at radius 2 is 1.53 bits per heavy atom. The first-order chi connectivity index (χ1) is 14.3. The first kappa shape index (κ1) is 19.2. The summed E-state index contributed by atoms with van der Waals surface area (Å²) < 4.78 is 0. The summed E-state index contributed by atoms with van der Waals surface area (Å²) in [6.45, 7) is 3.77. The van der Waals surface area contributed by atoms with Crippen molar-refractivity contribution in [2.75, 3.05) is 0 Å². The number of rotatable bonds is 4. The second kappa shape index (κ2) is 6.86. The van der Waals surface area contributed by atoms with Gasteiger partial charge in [0.05, 0.1) is 17.5 Å². The highest BCUT2D eigenvalue weighted by Gasteiger charge is 2.58. The maximum atomic E-state index is 13.0. The molecule has 30 heavy (non-hydrogen) atoms. The van der Waals surface area contributed by atoms with Crippen LogP contribution in [0.3, 0.4) is 0 Å². The Morgan fingerprint density at radius 1 is 0.900 bits per heavy atom. The molecule has 0 aromatic carbocycles. The van der Waals surface area contributed by atoms with Gasteiger partial charge < -0.3 is 10.6 Å². The summed E-state index contributed by atoms with van der Waals surface area (Å²) in [6, 6.07) is 1.87. The lowest BCUT2D eigenvalue weighted by Gasteiger charge is -2.62. The molecule has 0 radical (unpaired) electrons. The van der Waals surface area contributed by atoms with Crippen LogP contribution in [0.25, 0.3) is 0 Å². The number of carbonyl (C=O) groups excluding carboxylic acids is 2. The third-order valence-electron chi connectivity index (χ3n) is 6.94. The summed E-state index contributed by atoms with van der Waals surface area (Å²) in [7, 11) is 0. The predicted octanol–water partition coefficient (Wildman–Crippen LogP) is 2.74. The Morgan fingerprint density at radius 3 is 2.17 bits per heavy atom. The highest BCUT2D eigenvalue weighted by atomic mass is 16.2. The number of pyridine rings is 1. The molecule has 2 heterocycles. The Kier molecular flexibility index (Phi) is 4.38. The molecule has 6 rings (SSSR count). The van der Waals surface area contributed by atoms with Crippen LogP contribution in [0.1, 0.15) is 70.6 Å². The Bertz CT molecular complexity index is 929. The molecular weight excluding hydrogens is 378 g/mol. The number of carbonyl (C=O) groups is 2. The van der Waals surface area contributed by atoms with Crippen molar-refractivity contribution < 1.29 is 9.59 Å². The number of nitrogens with zero attached hydrogens (tertiary/aromatic N) is 3. The van der Waals surface area contributed by atoms with Crippen molar-refractivity contribution in [1.29, 1.82) is 0 Å². The van der Waals surface area contributed by atoms with E-state index in [2.05, 4.69) is 25.6 Å². The number of hydrogen-bond donors (Lipinski definition) is 2. The second-order valence-corrected chi connectivity index (χ2v) is 9.73. The van der Waals surface area contributed by atoms with Gasteiger partial charge in [0.1, 0.15) is 5.69 Å². The van der Waals surface area contributed by atoms with Crippen molar-refractivity contribution in [3.05, 3.63) is 53.4 Å². The number of amides is 2. The highest BCUT2D eigenvalue weighted by Crippen LogP contribution is 2.57. The van der Waals surface area contributed by atoms with Crippen LogP contribution in [0.2, 0.25) is 0 Å². The van der Waals surface area contributed by atoms with E-state index >= 15 is 0 Å². The number of aromatic nitrogens is 3. The molecule has 2 N–H and O–H groups in total. The summed E-state index contributed by atoms with van der Waals surface area (Å²) in [4.78, 5) is 38.6. The molecule has 7 nitrogen and oxygen atoms in total. The van der Waals surface area contributed by atoms with Crippen molar-refractivity contribution in [1.82, 2.24) is 25.6 Å². The van der Waals surface area contributed by atoms with Crippen molar-refractivity contribution in [2.45, 2.75) is 63.5 Å². The van der Waals surface area contributed by atoms with Gasteiger partial charge in [-0.1, -0.05) is 0 Å². The largest absolute Gasteiger partial charge is 0.346 e. The van der Waals surface area contributed by atoms with E-state index in [1.807, 2.05) is 19.9 Å². The van der Waals surface area contributed by atoms with Gasteiger partial charge in [-0.3, -0.25) is 19.6 Å². The van der Waals surface area contributed by atoms with Crippen LogP contribution in [0.5, 0.6) is 0 Å². The SMILES string of the molecule is Cc1cncc(C(=O)NC23CC4CC(C2)CC(NC(=O)c2cncc(C)n2)(C4)C3)c1. The zero-order chi connectivity index (χ0) is 20.9. The lowest BCUT2D eigenvalue weighted by atomic mass is 9.49. The van der Waals surface area contributed by atoms with Gasteiger partial charge in [0.15, 0.2) is 0 Å². The van der Waals surface area contributed by atoms with Crippen LogP contribution in [0, 0.1) is 25.7 Å². The Hall–Kier alpha value is -2.83. The Labute approximate surface area is 176 Å². The second-order valence-electron chi connectivity index (χ2n) is 9.73. The summed E-state index contributed by atoms with van der Waals surface area (Å²) in [5, 5.41) is 6.67. The van der Waals surface area contributed by atoms with Gasteiger partial charge in [0.25, 0.3) is 11.8 Å². The molecule has 4 saturated carbocycles. The summed E-state index contributed by atoms with van der Waals surface area (Å²) >= 11 is 0. The van der Waals surface area contributed by atoms with Gasteiger partial charge in [-0.2, -0.15) is 0 Å². The van der Waals surface area contributed by atoms with Crippen LogP contribution >= 0.6 is 0 Å². The van der Waals surface area contributed by atoms with Gasteiger partial charge in [0, 0.05) is 29.7 Å². The first-order valence-electron chi connectivity index (χ1n) is 10.7. The molecule has 7 heteroatoms. The van der Waals surface area contributed by atoms with Crippen LogP contribution < -0.4 is 10.6 Å². The molecular formula is C23H27N5O2. The van der Waals surface area contributed by atoms with Gasteiger partial charge in [0.2, 0.25) is 0 Å². The average molecular weight is 406 g/mol. The van der Waals surface area contributed by atoms with E-state index in [9.17, 15) is 9.59 Å². The molecule has 4 fully saturated rings. The third kappa shape index (κ3) is 3.46. The lowest BCUT2D eigenvalue weighted by molar-refractivity contribution is -0.0448. The van der Waals surface area contributed by atoms with Gasteiger partial charge in [-0.05, 0) is 75.8 Å². The molecule has 0 saturated heterocycles. The quantitative estimate of drug-likeness (QED) is 0.815. The standard InChI is InChI=1S/C23H27N5O2/c1-14-3-18(11-24-9-14)20(29)27-22-5-16-4-17(6-22)8-23(7-16,13-22)28-21(30)19-12-25-10-15(2)26-19/h3,9-12,16-17H,4-8,13H2,1-2H3,(H,27,29)(H,28,30). The number of hydrogen-bond acceptors (Lipinski definition) is 5. The minimum absolute atomic E-state index is 0.0702. The average Bonchev–Trinajstić information content (AvgIpc) is 2.66. The van der Waals surface area contributed by atoms with Crippen LogP contribution in [0.4, 0.5) is 0 Å². The molecule has 4 aliphatic rings. The molecule has 2 amide bonds. The topological polar surface area (TPSA) is 96.9 Å². The van der Waals surface area contributed by atoms with Crippen LogP contribution in [-0.4, -0.2) is 37.8 Å². The maximum absolute atomic E-state index is 13.0. The molecule has 2 aromatic heterocycles. The van der Waals surface area contributed by atoms with E-state index in [1.165, 1.54) is 12.6 Å². The zero-order valence-electron chi connectivity index (χ0n) is 17.4. The van der Waals surface area contributed by atoms with Crippen LogP contribution in [-0.2, 0) is 0 Å². The fourth-order valence-corrected chi connectivity index (χ4v) is 6.42. The summed E-state index contributed by atoms with van der Waals surface area (Å²) in [5.74, 6) is 0.800. The molecule has 4 aliphatic carbocycles. The molecule has 156 valence electrons. The molecule has 0 aliphatic heterocycles. The van der Waals surface area contributed by atoms with Crippen molar-refractivity contribution in [2.24, 2.45) is 11.8 Å². The highest BCUT2D eigenvalue weighted by molar-refractivity contribution is 5.95. The summed E-state index contributed by atoms with van der Waals surface area (Å²) in [5.41, 5.74) is 2.09. The summed E-state index contributed by atoms with van der Waals surface area (Å²) in [6.07, 6.45) is 12.4. The number of aryl methyl sites for hydroxylation is 2. The smallest absolute Gasteiger partial charge is 0.271 e. The van der Waals surface area contributed by atoms with Gasteiger partial charge in [-0.25, -0.2) is 4.98 Å². The van der Waals surface area contributed by atoms with E-state index in [-0.39, 0.29) is 22.9 Å². The molecule has 2 unspecified atom stereocenters. The molecule has 2 aromatic rings. The molecule has 4 bridgehead atoms. The first-order valence-corrected chi connectivity index (χ1v) is 10.7. The predicted molar refractivity (Wildman–Crippen MR) is 111 cm³/mol. The van der Waals surface area contributed by atoms with Crippen molar-refractivity contribution in [3.63, 3.8) is 0 Å². The fourth-order valence-electron chi connectivity index (χ4n) is 6.42. The van der Waals surface area contributed by atoms with Crippen molar-refractivity contribution in [3.8, 4) is 0 Å². The zero-order valence-corrected chi connectivity index (χ0v) is 17.4. The van der Waals surface area contributed by atoms with Crippen LogP contribution in [0.15, 0.2) is 30.9 Å². The van der Waals surface area contributed by atoms with Gasteiger partial charge in [-0.15, -0.1) is 0 Å². The minimum atomic E-state index is -0.287. The monoisotopic (exact) mass is 405 g/mol. The molecule has 2 atom stereocenters. The van der Waals surface area contributed by atoms with E-state index < -0.39 is 0 Å². The number of nitrogens with one attached hydrogen (secondary N) is 2. The normalized spacial score (nSPS) is 31.4. The molecule has 0 spiro atoms. The third-order valence-corrected chi connectivity index (χ3v) is 6.94. The van der Waals surface area contributed by atoms with E-state index in [1.54, 1.807) is 18.6 Å². The maximum Gasteiger partial charge on any atom is 0.271 e. The van der Waals surface area contributed by atoms with E-state index in [0.717, 1.165) is 43.4 Å². The minimum Gasteiger partial charge on any atom is -0.346 e. The van der Waals surface area contributed by atoms with E-state index in [0.29, 0.717) is 23.1 Å². The van der Waals surface area contributed by atoms with Crippen molar-refractivity contribution >= 4 is 11.8 Å². The van der Waals surface area contributed by atoms with Gasteiger partial charge >= 0.3 is 0 Å².